The number of methoxy groups -OCH3 is 1. The molecule has 0 fully saturated rings. The third-order valence-corrected chi connectivity index (χ3v) is 5.26. The number of benzene rings is 2. The van der Waals surface area contributed by atoms with Gasteiger partial charge in [0.05, 0.1) is 18.2 Å². The van der Waals surface area contributed by atoms with Gasteiger partial charge in [-0.2, -0.15) is 0 Å². The van der Waals surface area contributed by atoms with Crippen LogP contribution < -0.4 is 82.7 Å². The molecule has 1 aromatic heterocycles. The Morgan fingerprint density at radius 3 is 2.55 bits per heavy atom. The monoisotopic (exact) mass is 482 g/mol. The summed E-state index contributed by atoms with van der Waals surface area (Å²) in [5.41, 5.74) is 2.04. The quantitative estimate of drug-likeness (QED) is 0.215. The number of nitrogens with zero attached hydrogens (tertiary/aromatic N) is 1. The molecule has 2 aromatic carbocycles. The van der Waals surface area contributed by atoms with Crippen LogP contribution in [0.15, 0.2) is 45.9 Å². The number of fused-ring (bicyclic) bond motifs is 1. The predicted octanol–water partition coefficient (Wildman–Crippen LogP) is -2.30. The van der Waals surface area contributed by atoms with Gasteiger partial charge in [-0.05, 0) is 40.6 Å². The summed E-state index contributed by atoms with van der Waals surface area (Å²) >= 11 is 1.38. The number of aromatic nitrogens is 1. The van der Waals surface area contributed by atoms with Crippen molar-refractivity contribution in [2.45, 2.75) is 4.90 Å². The molecule has 4 rings (SSSR count). The van der Waals surface area contributed by atoms with Crippen LogP contribution in [0.5, 0.6) is 23.0 Å². The van der Waals surface area contributed by atoms with Crippen LogP contribution in [-0.2, 0) is 4.57 Å². The first-order valence-electron chi connectivity index (χ1n) is 8.04. The van der Waals surface area contributed by atoms with Gasteiger partial charge in [-0.1, -0.05) is 11.2 Å². The van der Waals surface area contributed by atoms with E-state index in [1.807, 2.05) is 12.3 Å². The molecule has 1 aliphatic rings. The maximum absolute atomic E-state index is 11.0. The molecule has 0 saturated carbocycles. The van der Waals surface area contributed by atoms with Crippen molar-refractivity contribution < 1.29 is 97.3 Å². The molecular formula is C18H15NNa2O8PS+. The second kappa shape index (κ2) is 12.5. The molecule has 31 heavy (non-hydrogen) atoms. The van der Waals surface area contributed by atoms with E-state index < -0.39 is 8.25 Å². The molecule has 1 N–H and O–H groups in total. The van der Waals surface area contributed by atoms with Crippen LogP contribution in [0.4, 0.5) is 0 Å². The maximum atomic E-state index is 11.0. The molecule has 2 heterocycles. The summed E-state index contributed by atoms with van der Waals surface area (Å²) in [4.78, 5) is 11.7. The molecule has 0 aliphatic carbocycles. The van der Waals surface area contributed by atoms with Crippen molar-refractivity contribution in [2.24, 2.45) is 0 Å². The third kappa shape index (κ3) is 5.97. The Morgan fingerprint density at radius 2 is 1.87 bits per heavy atom. The summed E-state index contributed by atoms with van der Waals surface area (Å²) in [6.45, 7) is 0.114. The van der Waals surface area contributed by atoms with Crippen LogP contribution in [0.1, 0.15) is 0 Å². The van der Waals surface area contributed by atoms with Gasteiger partial charge < -0.3 is 29.1 Å². The number of hydrogen-bond donors (Lipinski definition) is 0. The standard InChI is InChI=1S/C18H14NO7PS.2Na.H2O/c1-22-14-6-11(7-15-18(14)24-9-23-15)17-12(8-19-25-17)10-3-4-16(28-2)13(5-10)26-27(20)21;;;/h3-8H,9H2,1-2H3;;;1H2/q;2*+1;/p-1. The SMILES string of the molecule is COc1cc(-c2oncc2-c2ccc(SC)c(O[P+](=O)[O-])c2)cc2c1OCO2.[Na+].[Na+].[OH-]. The van der Waals surface area contributed by atoms with Crippen LogP contribution in [0.25, 0.3) is 22.5 Å². The second-order valence-corrected chi connectivity index (χ2v) is 7.14. The summed E-state index contributed by atoms with van der Waals surface area (Å²) < 4.78 is 37.7. The zero-order valence-electron chi connectivity index (χ0n) is 17.3. The summed E-state index contributed by atoms with van der Waals surface area (Å²) in [5, 5.41) is 3.90. The fraction of sp³-hybridized carbons (Fsp3) is 0.167. The molecule has 0 bridgehead atoms. The smallest absolute Gasteiger partial charge is 0.870 e. The maximum Gasteiger partial charge on any atom is 1.00 e. The first-order valence-corrected chi connectivity index (χ1v) is 10.4. The molecule has 0 spiro atoms. The topological polar surface area (TPSA) is 133 Å². The second-order valence-electron chi connectivity index (χ2n) is 5.66. The number of ether oxygens (including phenoxy) is 3. The molecule has 1 atom stereocenters. The van der Waals surface area contributed by atoms with Gasteiger partial charge in [0.15, 0.2) is 17.3 Å². The number of thioether (sulfide) groups is 1. The van der Waals surface area contributed by atoms with Crippen molar-refractivity contribution in [3.63, 3.8) is 0 Å². The minimum atomic E-state index is -3.03. The average molecular weight is 482 g/mol. The molecule has 13 heteroatoms. The van der Waals surface area contributed by atoms with E-state index in [9.17, 15) is 9.46 Å². The molecule has 3 aromatic rings. The van der Waals surface area contributed by atoms with E-state index in [1.54, 1.807) is 30.5 Å². The van der Waals surface area contributed by atoms with E-state index in [4.69, 9.17) is 23.3 Å². The van der Waals surface area contributed by atoms with Crippen LogP contribution in [0.2, 0.25) is 0 Å². The van der Waals surface area contributed by atoms with E-state index in [2.05, 4.69) is 5.16 Å². The van der Waals surface area contributed by atoms with Gasteiger partial charge in [-0.15, -0.1) is 11.8 Å². The van der Waals surface area contributed by atoms with Crippen LogP contribution in [0.3, 0.4) is 0 Å². The van der Waals surface area contributed by atoms with Gasteiger partial charge in [-0.3, -0.25) is 4.52 Å². The summed E-state index contributed by atoms with van der Waals surface area (Å²) in [7, 11) is -1.49. The zero-order valence-corrected chi connectivity index (χ0v) is 23.0. The Kier molecular flexibility index (Phi) is 11.4. The molecule has 0 amide bonds. The summed E-state index contributed by atoms with van der Waals surface area (Å²) in [6, 6.07) is 8.80. The largest absolute Gasteiger partial charge is 1.00 e. The Labute approximate surface area is 227 Å². The van der Waals surface area contributed by atoms with Gasteiger partial charge in [0, 0.05) is 11.1 Å². The van der Waals surface area contributed by atoms with Crippen molar-refractivity contribution in [1.29, 1.82) is 0 Å². The minimum Gasteiger partial charge on any atom is -0.870 e. The summed E-state index contributed by atoms with van der Waals surface area (Å²) in [6.07, 6.45) is 3.39. The molecule has 0 radical (unpaired) electrons. The predicted molar refractivity (Wildman–Crippen MR) is 102 cm³/mol. The van der Waals surface area contributed by atoms with Crippen LogP contribution in [-0.4, -0.2) is 30.8 Å². The van der Waals surface area contributed by atoms with E-state index in [-0.39, 0.29) is 77.1 Å². The van der Waals surface area contributed by atoms with Gasteiger partial charge in [0.1, 0.15) is 0 Å². The molecule has 152 valence electrons. The van der Waals surface area contributed by atoms with Crippen molar-refractivity contribution in [3.8, 4) is 45.4 Å². The molecule has 9 nitrogen and oxygen atoms in total. The number of hydrogen-bond acceptors (Lipinski definition) is 10. The number of rotatable bonds is 6. The Morgan fingerprint density at radius 1 is 1.13 bits per heavy atom. The Hall–Kier alpha value is -0.780. The Bertz CT molecular complexity index is 1070. The average Bonchev–Trinajstić information content (AvgIpc) is 3.35. The third-order valence-electron chi connectivity index (χ3n) is 4.14. The molecule has 1 aliphatic heterocycles. The fourth-order valence-corrected chi connectivity index (χ4v) is 3.79. The first-order chi connectivity index (χ1) is 13.6. The van der Waals surface area contributed by atoms with Gasteiger partial charge in [0.25, 0.3) is 0 Å². The first kappa shape index (κ1) is 28.3. The molecular weight excluding hydrogens is 467 g/mol. The van der Waals surface area contributed by atoms with Gasteiger partial charge in [0.2, 0.25) is 18.3 Å². The normalized spacial score (nSPS) is 11.5. The van der Waals surface area contributed by atoms with E-state index in [0.29, 0.717) is 44.6 Å². The Balaban J connectivity index is 0.00000160. The van der Waals surface area contributed by atoms with Crippen LogP contribution >= 0.6 is 20.0 Å². The van der Waals surface area contributed by atoms with Gasteiger partial charge >= 0.3 is 67.4 Å². The van der Waals surface area contributed by atoms with Crippen molar-refractivity contribution in [3.05, 3.63) is 36.5 Å². The van der Waals surface area contributed by atoms with E-state index in [1.165, 1.54) is 18.9 Å². The minimum absolute atomic E-state index is 0. The molecule has 1 unspecified atom stereocenters. The van der Waals surface area contributed by atoms with E-state index >= 15 is 0 Å². The van der Waals surface area contributed by atoms with Crippen LogP contribution in [0, 0.1) is 0 Å². The van der Waals surface area contributed by atoms with Crippen molar-refractivity contribution in [2.75, 3.05) is 20.2 Å². The van der Waals surface area contributed by atoms with E-state index in [0.717, 1.165) is 0 Å². The van der Waals surface area contributed by atoms with Crippen molar-refractivity contribution >= 4 is 20.0 Å². The summed E-state index contributed by atoms with van der Waals surface area (Å²) in [5.74, 6) is 2.31. The zero-order chi connectivity index (χ0) is 19.7. The van der Waals surface area contributed by atoms with Crippen molar-refractivity contribution in [1.82, 2.24) is 5.16 Å². The fourth-order valence-electron chi connectivity index (χ4n) is 2.91. The molecule has 0 saturated heterocycles. The van der Waals surface area contributed by atoms with Gasteiger partial charge in [-0.25, -0.2) is 0 Å².